The van der Waals surface area contributed by atoms with E-state index < -0.39 is 0 Å². The predicted molar refractivity (Wildman–Crippen MR) is 162 cm³/mol. The number of benzene rings is 2. The lowest BCUT2D eigenvalue weighted by Gasteiger charge is -2.16. The molecule has 38 heavy (non-hydrogen) atoms. The normalized spacial score (nSPS) is 15.7. The lowest BCUT2D eigenvalue weighted by molar-refractivity contribution is 0.415. The van der Waals surface area contributed by atoms with Crippen molar-refractivity contribution in [3.63, 3.8) is 0 Å². The van der Waals surface area contributed by atoms with Crippen LogP contribution < -0.4 is 4.74 Å². The quantitative estimate of drug-likeness (QED) is 0.290. The molecule has 3 nitrogen and oxygen atoms in total. The second-order valence-corrected chi connectivity index (χ2v) is 10.8. The molecule has 0 atom stereocenters. The summed E-state index contributed by atoms with van der Waals surface area (Å²) in [6, 6.07) is 13.0. The fourth-order valence-corrected chi connectivity index (χ4v) is 5.84. The standard InChI is InChI=1S/C35H40N2O/c1-25-15-16-28-11-8-12-29(35(28)26(2)21-25)22-27-9-7-14-31(36-20-19-27)13-6-4-5-10-30-24-37-34-18-17-32(38-3)23-33(30)34/h8,11-12,14,17-21,23-24,37H,2,4-7,9-10,13,15-16,22H2,1,3H3. The molecule has 3 aromatic rings. The first-order valence-electron chi connectivity index (χ1n) is 14.1. The SMILES string of the molecule is C=C1C=C(C)CCc2cccc(CC3=CC=NC(CCCCCc4c[nH]c5ccc(OC)cc45)=CCC3)c21. The van der Waals surface area contributed by atoms with Crippen molar-refractivity contribution in [3.8, 4) is 5.75 Å². The Balaban J connectivity index is 1.12. The Bertz CT molecular complexity index is 1430. The van der Waals surface area contributed by atoms with Crippen LogP contribution in [0.5, 0.6) is 5.75 Å². The summed E-state index contributed by atoms with van der Waals surface area (Å²) in [5, 5.41) is 1.28. The van der Waals surface area contributed by atoms with Gasteiger partial charge in [-0.15, -0.1) is 0 Å². The number of rotatable bonds is 9. The van der Waals surface area contributed by atoms with E-state index in [1.165, 1.54) is 69.3 Å². The van der Waals surface area contributed by atoms with Crippen molar-refractivity contribution < 1.29 is 4.74 Å². The van der Waals surface area contributed by atoms with Gasteiger partial charge in [-0.25, -0.2) is 0 Å². The lowest BCUT2D eigenvalue weighted by atomic mass is 9.89. The molecular formula is C35H40N2O. The third kappa shape index (κ3) is 6.27. The van der Waals surface area contributed by atoms with E-state index in [0.29, 0.717) is 0 Å². The molecule has 0 saturated carbocycles. The summed E-state index contributed by atoms with van der Waals surface area (Å²) in [6.45, 7) is 6.62. The van der Waals surface area contributed by atoms with Gasteiger partial charge in [0.25, 0.3) is 0 Å². The summed E-state index contributed by atoms with van der Waals surface area (Å²) in [6.07, 6.45) is 22.1. The number of allylic oxidation sites excluding steroid dienone is 7. The van der Waals surface area contributed by atoms with Gasteiger partial charge in [0.2, 0.25) is 0 Å². The van der Waals surface area contributed by atoms with E-state index in [1.807, 2.05) is 12.3 Å². The maximum Gasteiger partial charge on any atom is 0.119 e. The van der Waals surface area contributed by atoms with Gasteiger partial charge in [0, 0.05) is 29.0 Å². The summed E-state index contributed by atoms with van der Waals surface area (Å²) in [7, 11) is 1.73. The fourth-order valence-electron chi connectivity index (χ4n) is 5.84. The van der Waals surface area contributed by atoms with Crippen LogP contribution in [-0.2, 0) is 19.3 Å². The van der Waals surface area contributed by atoms with E-state index in [-0.39, 0.29) is 0 Å². The number of aryl methyl sites for hydroxylation is 2. The number of aromatic nitrogens is 1. The lowest BCUT2D eigenvalue weighted by Crippen LogP contribution is -2.01. The number of aromatic amines is 1. The number of fused-ring (bicyclic) bond motifs is 2. The molecule has 1 aliphatic heterocycles. The Morgan fingerprint density at radius 3 is 2.79 bits per heavy atom. The number of hydrogen-bond acceptors (Lipinski definition) is 2. The maximum absolute atomic E-state index is 5.40. The minimum Gasteiger partial charge on any atom is -0.497 e. The van der Waals surface area contributed by atoms with Gasteiger partial charge in [-0.3, -0.25) is 4.99 Å². The van der Waals surface area contributed by atoms with Gasteiger partial charge in [0.05, 0.1) is 7.11 Å². The molecule has 5 rings (SSSR count). The number of H-pyrrole nitrogens is 1. The topological polar surface area (TPSA) is 37.4 Å². The van der Waals surface area contributed by atoms with Crippen LogP contribution in [0.1, 0.15) is 74.1 Å². The average Bonchev–Trinajstić information content (AvgIpc) is 3.24. The van der Waals surface area contributed by atoms with E-state index in [4.69, 9.17) is 9.73 Å². The summed E-state index contributed by atoms with van der Waals surface area (Å²) in [5.41, 5.74) is 12.0. The summed E-state index contributed by atoms with van der Waals surface area (Å²) in [4.78, 5) is 8.21. The molecule has 0 fully saturated rings. The van der Waals surface area contributed by atoms with Crippen molar-refractivity contribution in [3.05, 3.63) is 106 Å². The largest absolute Gasteiger partial charge is 0.497 e. The molecule has 0 radical (unpaired) electrons. The van der Waals surface area contributed by atoms with Crippen molar-refractivity contribution in [2.45, 2.75) is 71.1 Å². The van der Waals surface area contributed by atoms with Gasteiger partial charge in [-0.1, -0.05) is 54.5 Å². The predicted octanol–water partition coefficient (Wildman–Crippen LogP) is 9.10. The molecule has 0 saturated heterocycles. The molecule has 3 heteroatoms. The second-order valence-electron chi connectivity index (χ2n) is 10.8. The number of aliphatic imine (C=N–C) groups is 1. The Morgan fingerprint density at radius 1 is 1.00 bits per heavy atom. The van der Waals surface area contributed by atoms with Gasteiger partial charge in [0.15, 0.2) is 0 Å². The van der Waals surface area contributed by atoms with Crippen LogP contribution in [0.4, 0.5) is 0 Å². The van der Waals surface area contributed by atoms with E-state index in [0.717, 1.165) is 56.3 Å². The molecule has 0 amide bonds. The Morgan fingerprint density at radius 2 is 1.89 bits per heavy atom. The number of nitrogens with zero attached hydrogens (tertiary/aromatic N) is 1. The van der Waals surface area contributed by atoms with Crippen LogP contribution in [0.15, 0.2) is 89.2 Å². The first-order valence-corrected chi connectivity index (χ1v) is 14.1. The van der Waals surface area contributed by atoms with Crippen molar-refractivity contribution in [2.75, 3.05) is 7.11 Å². The smallest absolute Gasteiger partial charge is 0.119 e. The van der Waals surface area contributed by atoms with Crippen LogP contribution in [0.3, 0.4) is 0 Å². The Labute approximate surface area is 227 Å². The van der Waals surface area contributed by atoms with Crippen LogP contribution in [0.25, 0.3) is 16.5 Å². The maximum atomic E-state index is 5.40. The molecule has 196 valence electrons. The van der Waals surface area contributed by atoms with E-state index in [1.54, 1.807) is 7.11 Å². The number of hydrogen-bond donors (Lipinski definition) is 1. The first-order chi connectivity index (χ1) is 18.6. The Kier molecular flexibility index (Phi) is 8.43. The van der Waals surface area contributed by atoms with Gasteiger partial charge >= 0.3 is 0 Å². The van der Waals surface area contributed by atoms with Crippen molar-refractivity contribution in [1.29, 1.82) is 0 Å². The zero-order valence-electron chi connectivity index (χ0n) is 23.0. The number of unbranched alkanes of at least 4 members (excludes halogenated alkanes) is 2. The number of nitrogens with one attached hydrogen (secondary N) is 1. The molecule has 1 aliphatic carbocycles. The summed E-state index contributed by atoms with van der Waals surface area (Å²) < 4.78 is 5.40. The fraction of sp³-hybridized carbons (Fsp3) is 0.343. The molecular weight excluding hydrogens is 464 g/mol. The minimum atomic E-state index is 0.918. The number of ether oxygens (including phenoxy) is 1. The van der Waals surface area contributed by atoms with Crippen LogP contribution in [0.2, 0.25) is 0 Å². The van der Waals surface area contributed by atoms with Crippen LogP contribution in [0, 0.1) is 0 Å². The highest BCUT2D eigenvalue weighted by Crippen LogP contribution is 2.32. The minimum absolute atomic E-state index is 0.918. The average molecular weight is 505 g/mol. The highest BCUT2D eigenvalue weighted by molar-refractivity contribution is 5.84. The molecule has 0 unspecified atom stereocenters. The zero-order chi connectivity index (χ0) is 26.3. The molecule has 1 aromatic heterocycles. The van der Waals surface area contributed by atoms with Gasteiger partial charge in [-0.2, -0.15) is 0 Å². The zero-order valence-corrected chi connectivity index (χ0v) is 23.0. The van der Waals surface area contributed by atoms with Gasteiger partial charge < -0.3 is 9.72 Å². The molecule has 2 heterocycles. The number of methoxy groups -OCH3 is 1. The second kappa shape index (κ2) is 12.3. The van der Waals surface area contributed by atoms with Crippen molar-refractivity contribution in [1.82, 2.24) is 4.98 Å². The Hall–Kier alpha value is -3.59. The third-order valence-electron chi connectivity index (χ3n) is 7.93. The highest BCUT2D eigenvalue weighted by atomic mass is 16.5. The van der Waals surface area contributed by atoms with Gasteiger partial charge in [-0.05, 0) is 117 Å². The van der Waals surface area contributed by atoms with E-state index in [9.17, 15) is 0 Å². The first kappa shape index (κ1) is 26.0. The summed E-state index contributed by atoms with van der Waals surface area (Å²) in [5.74, 6) is 0.918. The van der Waals surface area contributed by atoms with E-state index >= 15 is 0 Å². The molecule has 0 bridgehead atoms. The molecule has 2 aliphatic rings. The monoisotopic (exact) mass is 504 g/mol. The highest BCUT2D eigenvalue weighted by Gasteiger charge is 2.15. The third-order valence-corrected chi connectivity index (χ3v) is 7.93. The van der Waals surface area contributed by atoms with E-state index in [2.05, 4.69) is 73.2 Å². The summed E-state index contributed by atoms with van der Waals surface area (Å²) >= 11 is 0. The van der Waals surface area contributed by atoms with Gasteiger partial charge in [0.1, 0.15) is 5.75 Å². The van der Waals surface area contributed by atoms with Crippen LogP contribution >= 0.6 is 0 Å². The molecule has 0 spiro atoms. The van der Waals surface area contributed by atoms with Crippen molar-refractivity contribution >= 4 is 22.7 Å². The van der Waals surface area contributed by atoms with Crippen LogP contribution in [-0.4, -0.2) is 18.3 Å². The molecule has 1 N–H and O–H groups in total. The van der Waals surface area contributed by atoms with Crippen molar-refractivity contribution in [2.24, 2.45) is 4.99 Å². The molecule has 2 aromatic carbocycles.